The summed E-state index contributed by atoms with van der Waals surface area (Å²) in [5.41, 5.74) is -0.230. The van der Waals surface area contributed by atoms with E-state index in [0.29, 0.717) is 18.8 Å². The summed E-state index contributed by atoms with van der Waals surface area (Å²) in [6, 6.07) is 7.47. The lowest BCUT2D eigenvalue weighted by molar-refractivity contribution is -0.124. The molecule has 1 saturated carbocycles. The first-order valence-corrected chi connectivity index (χ1v) is 6.41. The Morgan fingerprint density at radius 1 is 1.44 bits per heavy atom. The van der Waals surface area contributed by atoms with Crippen LogP contribution in [0.25, 0.3) is 0 Å². The van der Waals surface area contributed by atoms with Gasteiger partial charge in [0.15, 0.2) is 0 Å². The Balaban J connectivity index is 1.75. The van der Waals surface area contributed by atoms with Gasteiger partial charge in [-0.3, -0.25) is 4.79 Å². The lowest BCUT2D eigenvalue weighted by Crippen LogP contribution is -2.44. The highest BCUT2D eigenvalue weighted by molar-refractivity contribution is 5.80. The minimum absolute atomic E-state index is 0.0624. The van der Waals surface area contributed by atoms with Crippen molar-refractivity contribution >= 4 is 5.91 Å². The van der Waals surface area contributed by atoms with E-state index in [1.807, 2.05) is 24.3 Å². The molecule has 0 radical (unpaired) electrons. The highest BCUT2D eigenvalue weighted by atomic mass is 16.5. The van der Waals surface area contributed by atoms with Crippen LogP contribution in [-0.2, 0) is 10.4 Å². The summed E-state index contributed by atoms with van der Waals surface area (Å²) in [5.74, 6) is 0.947. The molecule has 96 valence electrons. The molecule has 1 amide bonds. The fraction of sp³-hybridized carbons (Fsp3) is 0.500. The van der Waals surface area contributed by atoms with E-state index in [-0.39, 0.29) is 18.4 Å². The quantitative estimate of drug-likeness (QED) is 0.843. The molecule has 4 nitrogen and oxygen atoms in total. The second-order valence-electron chi connectivity index (χ2n) is 5.12. The van der Waals surface area contributed by atoms with Crippen LogP contribution in [0.4, 0.5) is 0 Å². The van der Waals surface area contributed by atoms with Gasteiger partial charge >= 0.3 is 0 Å². The number of nitrogens with one attached hydrogen (secondary N) is 1. The number of carbonyl (C=O) groups is 1. The molecule has 0 aromatic heterocycles. The van der Waals surface area contributed by atoms with Gasteiger partial charge in [-0.15, -0.1) is 0 Å². The molecule has 1 aromatic rings. The Hall–Kier alpha value is -1.55. The number of carbonyl (C=O) groups excluding carboxylic acids is 1. The van der Waals surface area contributed by atoms with Gasteiger partial charge < -0.3 is 15.2 Å². The zero-order chi connectivity index (χ0) is 12.6. The maximum atomic E-state index is 11.6. The van der Waals surface area contributed by atoms with Crippen molar-refractivity contribution < 1.29 is 14.6 Å². The molecular formula is C14H17NO3. The average Bonchev–Trinajstić information content (AvgIpc) is 3.21. The van der Waals surface area contributed by atoms with Crippen LogP contribution in [0.1, 0.15) is 24.8 Å². The second-order valence-corrected chi connectivity index (χ2v) is 5.12. The summed E-state index contributed by atoms with van der Waals surface area (Å²) in [6.45, 7) is 0.746. The predicted octanol–water partition coefficient (Wildman–Crippen LogP) is 1.18. The molecule has 3 rings (SSSR count). The molecule has 2 N–H and O–H groups in total. The molecule has 2 aliphatic rings. The molecule has 1 aliphatic carbocycles. The van der Waals surface area contributed by atoms with Crippen molar-refractivity contribution in [2.24, 2.45) is 5.92 Å². The normalized spacial score (nSPS) is 26.1. The van der Waals surface area contributed by atoms with Gasteiger partial charge in [-0.25, -0.2) is 0 Å². The Kier molecular flexibility index (Phi) is 2.74. The lowest BCUT2D eigenvalue weighted by atomic mass is 9.88. The van der Waals surface area contributed by atoms with Crippen molar-refractivity contribution in [3.05, 3.63) is 29.8 Å². The molecule has 0 bridgehead atoms. The minimum Gasteiger partial charge on any atom is -0.493 e. The van der Waals surface area contributed by atoms with E-state index in [0.717, 1.165) is 18.4 Å². The van der Waals surface area contributed by atoms with Crippen LogP contribution in [0.15, 0.2) is 24.3 Å². The third-order valence-corrected chi connectivity index (χ3v) is 3.66. The Bertz CT molecular complexity index is 470. The summed E-state index contributed by atoms with van der Waals surface area (Å²) in [4.78, 5) is 11.6. The van der Waals surface area contributed by atoms with E-state index in [1.54, 1.807) is 0 Å². The zero-order valence-corrected chi connectivity index (χ0v) is 10.2. The first-order valence-electron chi connectivity index (χ1n) is 6.41. The molecule has 1 fully saturated rings. The number of hydrogen-bond acceptors (Lipinski definition) is 3. The van der Waals surface area contributed by atoms with Crippen molar-refractivity contribution in [3.8, 4) is 5.75 Å². The van der Waals surface area contributed by atoms with E-state index in [4.69, 9.17) is 4.74 Å². The van der Waals surface area contributed by atoms with Crippen molar-refractivity contribution in [3.63, 3.8) is 0 Å². The fourth-order valence-corrected chi connectivity index (χ4v) is 2.35. The number of hydrogen-bond donors (Lipinski definition) is 2. The number of aliphatic hydroxyl groups is 1. The first-order chi connectivity index (χ1) is 8.69. The first kappa shape index (κ1) is 11.5. The molecule has 1 aromatic carbocycles. The maximum Gasteiger partial charge on any atom is 0.223 e. The zero-order valence-electron chi connectivity index (χ0n) is 10.2. The Labute approximate surface area is 106 Å². The van der Waals surface area contributed by atoms with Gasteiger partial charge in [0, 0.05) is 17.9 Å². The van der Waals surface area contributed by atoms with E-state index < -0.39 is 5.60 Å². The van der Waals surface area contributed by atoms with Gasteiger partial charge in [-0.2, -0.15) is 0 Å². The molecule has 0 saturated heterocycles. The maximum absolute atomic E-state index is 11.6. The van der Waals surface area contributed by atoms with Crippen LogP contribution in [0.2, 0.25) is 0 Å². The average molecular weight is 247 g/mol. The van der Waals surface area contributed by atoms with Crippen LogP contribution < -0.4 is 10.1 Å². The SMILES string of the molecule is O=C(NC[C@]1(O)CCOc2ccccc21)C1CC1. The van der Waals surface area contributed by atoms with Crippen LogP contribution in [0.5, 0.6) is 5.75 Å². The number of para-hydroxylation sites is 1. The van der Waals surface area contributed by atoms with Crippen LogP contribution in [-0.4, -0.2) is 24.2 Å². The van der Waals surface area contributed by atoms with Crippen molar-refractivity contribution in [2.45, 2.75) is 24.9 Å². The topological polar surface area (TPSA) is 58.6 Å². The van der Waals surface area contributed by atoms with E-state index in [2.05, 4.69) is 5.32 Å². The monoisotopic (exact) mass is 247 g/mol. The van der Waals surface area contributed by atoms with Crippen LogP contribution in [0.3, 0.4) is 0 Å². The van der Waals surface area contributed by atoms with Crippen LogP contribution >= 0.6 is 0 Å². The molecule has 1 aliphatic heterocycles. The van der Waals surface area contributed by atoms with Crippen molar-refractivity contribution in [1.82, 2.24) is 5.32 Å². The smallest absolute Gasteiger partial charge is 0.223 e. The molecule has 1 atom stereocenters. The van der Waals surface area contributed by atoms with Crippen molar-refractivity contribution in [1.29, 1.82) is 0 Å². The molecule has 0 unspecified atom stereocenters. The largest absolute Gasteiger partial charge is 0.493 e. The molecule has 1 heterocycles. The summed E-state index contributed by atoms with van der Waals surface area (Å²) in [5, 5.41) is 13.5. The van der Waals surface area contributed by atoms with Gasteiger partial charge in [-0.1, -0.05) is 18.2 Å². The van der Waals surface area contributed by atoms with E-state index in [1.165, 1.54) is 0 Å². The Morgan fingerprint density at radius 2 is 2.22 bits per heavy atom. The van der Waals surface area contributed by atoms with Crippen LogP contribution in [0, 0.1) is 5.92 Å². The molecule has 18 heavy (non-hydrogen) atoms. The van der Waals surface area contributed by atoms with Gasteiger partial charge in [0.1, 0.15) is 11.4 Å². The number of amides is 1. The highest BCUT2D eigenvalue weighted by Gasteiger charge is 2.37. The lowest BCUT2D eigenvalue weighted by Gasteiger charge is -2.34. The minimum atomic E-state index is -1.00. The van der Waals surface area contributed by atoms with Gasteiger partial charge in [0.25, 0.3) is 0 Å². The molecular weight excluding hydrogens is 230 g/mol. The van der Waals surface area contributed by atoms with E-state index in [9.17, 15) is 9.90 Å². The predicted molar refractivity (Wildman–Crippen MR) is 66.2 cm³/mol. The van der Waals surface area contributed by atoms with Gasteiger partial charge in [-0.05, 0) is 18.9 Å². The highest BCUT2D eigenvalue weighted by Crippen LogP contribution is 2.36. The Morgan fingerprint density at radius 3 is 3.00 bits per heavy atom. The van der Waals surface area contributed by atoms with Gasteiger partial charge in [0.2, 0.25) is 5.91 Å². The van der Waals surface area contributed by atoms with Crippen molar-refractivity contribution in [2.75, 3.05) is 13.2 Å². The number of benzene rings is 1. The van der Waals surface area contributed by atoms with E-state index >= 15 is 0 Å². The van der Waals surface area contributed by atoms with Gasteiger partial charge in [0.05, 0.1) is 13.2 Å². The summed E-state index contributed by atoms with van der Waals surface area (Å²) in [6.07, 6.45) is 2.46. The number of ether oxygens (including phenoxy) is 1. The second kappa shape index (κ2) is 4.28. The number of rotatable bonds is 3. The molecule has 0 spiro atoms. The summed E-state index contributed by atoms with van der Waals surface area (Å²) < 4.78 is 5.51. The third kappa shape index (κ3) is 2.08. The third-order valence-electron chi connectivity index (χ3n) is 3.66. The standard InChI is InChI=1S/C14H17NO3/c16-13(10-5-6-10)15-9-14(17)7-8-18-12-4-2-1-3-11(12)14/h1-4,10,17H,5-9H2,(H,15,16)/t14-/m1/s1. The number of fused-ring (bicyclic) bond motifs is 1. The summed E-state index contributed by atoms with van der Waals surface area (Å²) >= 11 is 0. The summed E-state index contributed by atoms with van der Waals surface area (Å²) in [7, 11) is 0. The fourth-order valence-electron chi connectivity index (χ4n) is 2.35. The molecule has 4 heteroatoms.